The van der Waals surface area contributed by atoms with E-state index in [9.17, 15) is 18.3 Å². The molecule has 2 aromatic rings. The number of sulfonamides is 1. The summed E-state index contributed by atoms with van der Waals surface area (Å²) < 4.78 is 31.7. The van der Waals surface area contributed by atoms with Crippen molar-refractivity contribution in [3.8, 4) is 11.5 Å². The van der Waals surface area contributed by atoms with Crippen LogP contribution in [0.3, 0.4) is 0 Å². The normalized spacial score (nSPS) is 14.1. The van der Waals surface area contributed by atoms with Gasteiger partial charge in [0.25, 0.3) is 5.91 Å². The summed E-state index contributed by atoms with van der Waals surface area (Å²) in [5, 5.41) is 12.4. The van der Waals surface area contributed by atoms with Gasteiger partial charge in [-0.15, -0.1) is 0 Å². The number of aromatic hydroxyl groups is 1. The summed E-state index contributed by atoms with van der Waals surface area (Å²) >= 11 is 0. The summed E-state index contributed by atoms with van der Waals surface area (Å²) in [6.07, 6.45) is 1.71. The van der Waals surface area contributed by atoms with E-state index in [4.69, 9.17) is 4.74 Å². The van der Waals surface area contributed by atoms with Crippen LogP contribution in [0.1, 0.15) is 23.2 Å². The quantitative estimate of drug-likeness (QED) is 0.730. The van der Waals surface area contributed by atoms with Gasteiger partial charge in [0.05, 0.1) is 12.0 Å². The van der Waals surface area contributed by atoms with E-state index in [0.717, 1.165) is 12.8 Å². The smallest absolute Gasteiger partial charge is 0.255 e. The number of rotatable bonds is 6. The minimum absolute atomic E-state index is 0.0238. The van der Waals surface area contributed by atoms with Crippen LogP contribution in [-0.4, -0.2) is 32.6 Å². The fourth-order valence-corrected chi connectivity index (χ4v) is 3.55. The first-order valence-electron chi connectivity index (χ1n) is 7.70. The van der Waals surface area contributed by atoms with Crippen LogP contribution in [-0.2, 0) is 10.0 Å². The van der Waals surface area contributed by atoms with Crippen LogP contribution in [0.25, 0.3) is 0 Å². The highest BCUT2D eigenvalue weighted by Crippen LogP contribution is 2.28. The zero-order valence-electron chi connectivity index (χ0n) is 13.5. The van der Waals surface area contributed by atoms with E-state index in [2.05, 4.69) is 10.0 Å². The lowest BCUT2D eigenvalue weighted by atomic mass is 10.2. The molecule has 3 rings (SSSR count). The van der Waals surface area contributed by atoms with Gasteiger partial charge in [0.2, 0.25) is 10.0 Å². The molecule has 0 atom stereocenters. The van der Waals surface area contributed by atoms with E-state index in [-0.39, 0.29) is 16.7 Å². The van der Waals surface area contributed by atoms with Crippen LogP contribution in [0.15, 0.2) is 47.4 Å². The average molecular weight is 362 g/mol. The zero-order chi connectivity index (χ0) is 18.0. The molecule has 132 valence electrons. The van der Waals surface area contributed by atoms with Crippen molar-refractivity contribution in [2.75, 3.05) is 12.4 Å². The second-order valence-electron chi connectivity index (χ2n) is 5.76. The monoisotopic (exact) mass is 362 g/mol. The predicted octanol–water partition coefficient (Wildman–Crippen LogP) is 2.09. The molecule has 0 spiro atoms. The van der Waals surface area contributed by atoms with Crippen LogP contribution >= 0.6 is 0 Å². The van der Waals surface area contributed by atoms with E-state index < -0.39 is 15.9 Å². The number of nitrogens with one attached hydrogen (secondary N) is 2. The fraction of sp³-hybridized carbons (Fsp3) is 0.235. The number of hydrogen-bond acceptors (Lipinski definition) is 5. The molecule has 3 N–H and O–H groups in total. The molecular formula is C17H18N2O5S. The minimum atomic E-state index is -3.54. The van der Waals surface area contributed by atoms with Gasteiger partial charge >= 0.3 is 0 Å². The Labute approximate surface area is 145 Å². The van der Waals surface area contributed by atoms with Crippen molar-refractivity contribution >= 4 is 21.6 Å². The van der Waals surface area contributed by atoms with Crippen molar-refractivity contribution in [3.63, 3.8) is 0 Å². The molecule has 8 heteroatoms. The van der Waals surface area contributed by atoms with Gasteiger partial charge in [0.1, 0.15) is 0 Å². The maximum atomic E-state index is 12.2. The number of carbonyl (C=O) groups excluding carboxylic acids is 1. The molecule has 1 aliphatic rings. The van der Waals surface area contributed by atoms with Crippen LogP contribution in [0.2, 0.25) is 0 Å². The lowest BCUT2D eigenvalue weighted by Gasteiger charge is -2.09. The Morgan fingerprint density at radius 2 is 1.84 bits per heavy atom. The van der Waals surface area contributed by atoms with Crippen molar-refractivity contribution in [2.24, 2.45) is 0 Å². The number of hydrogen-bond donors (Lipinski definition) is 3. The third-order valence-corrected chi connectivity index (χ3v) is 5.30. The van der Waals surface area contributed by atoms with Crippen LogP contribution in [0.5, 0.6) is 11.5 Å². The molecule has 0 saturated heterocycles. The Hall–Kier alpha value is -2.58. The number of methoxy groups -OCH3 is 1. The first-order valence-corrected chi connectivity index (χ1v) is 9.18. The molecular weight excluding hydrogens is 344 g/mol. The first kappa shape index (κ1) is 17.2. The van der Waals surface area contributed by atoms with Gasteiger partial charge in [-0.2, -0.15) is 0 Å². The topological polar surface area (TPSA) is 105 Å². The highest BCUT2D eigenvalue weighted by atomic mass is 32.2. The summed E-state index contributed by atoms with van der Waals surface area (Å²) in [4.78, 5) is 12.4. The SMILES string of the molecule is COc1ccc(NC(=O)c2ccc(S(=O)(=O)NC3CC3)cc2)cc1O. The van der Waals surface area contributed by atoms with E-state index in [1.165, 1.54) is 43.5 Å². The highest BCUT2D eigenvalue weighted by molar-refractivity contribution is 7.89. The summed E-state index contributed by atoms with van der Waals surface area (Å²) in [5.41, 5.74) is 0.705. The van der Waals surface area contributed by atoms with Crippen molar-refractivity contribution in [3.05, 3.63) is 48.0 Å². The number of anilines is 1. The highest BCUT2D eigenvalue weighted by Gasteiger charge is 2.27. The Balaban J connectivity index is 1.71. The zero-order valence-corrected chi connectivity index (χ0v) is 14.3. The number of carbonyl (C=O) groups is 1. The molecule has 25 heavy (non-hydrogen) atoms. The lowest BCUT2D eigenvalue weighted by molar-refractivity contribution is 0.102. The Bertz CT molecular complexity index is 890. The molecule has 0 unspecified atom stereocenters. The predicted molar refractivity (Wildman–Crippen MR) is 92.4 cm³/mol. The summed E-state index contributed by atoms with van der Waals surface area (Å²) in [6.45, 7) is 0. The number of amides is 1. The number of phenolic OH excluding ortho intramolecular Hbond substituents is 1. The molecule has 2 aromatic carbocycles. The van der Waals surface area contributed by atoms with Crippen LogP contribution in [0, 0.1) is 0 Å². The maximum Gasteiger partial charge on any atom is 0.255 e. The molecule has 0 aromatic heterocycles. The van der Waals surface area contributed by atoms with E-state index >= 15 is 0 Å². The van der Waals surface area contributed by atoms with Crippen molar-refractivity contribution in [1.29, 1.82) is 0 Å². The number of phenols is 1. The van der Waals surface area contributed by atoms with Crippen LogP contribution in [0.4, 0.5) is 5.69 Å². The molecule has 1 fully saturated rings. The van der Waals surface area contributed by atoms with Gasteiger partial charge in [-0.25, -0.2) is 13.1 Å². The third kappa shape index (κ3) is 4.09. The molecule has 1 saturated carbocycles. The average Bonchev–Trinajstić information content (AvgIpc) is 3.38. The third-order valence-electron chi connectivity index (χ3n) is 3.76. The van der Waals surface area contributed by atoms with E-state index in [1.807, 2.05) is 0 Å². The molecule has 0 radical (unpaired) electrons. The van der Waals surface area contributed by atoms with Gasteiger partial charge in [0.15, 0.2) is 11.5 Å². The van der Waals surface area contributed by atoms with Crippen molar-refractivity contribution in [1.82, 2.24) is 4.72 Å². The van der Waals surface area contributed by atoms with Gasteiger partial charge in [-0.05, 0) is 49.2 Å². The Morgan fingerprint density at radius 1 is 1.16 bits per heavy atom. The maximum absolute atomic E-state index is 12.2. The van der Waals surface area contributed by atoms with Gasteiger partial charge < -0.3 is 15.2 Å². The second-order valence-corrected chi connectivity index (χ2v) is 7.47. The van der Waals surface area contributed by atoms with Gasteiger partial charge in [-0.1, -0.05) is 0 Å². The first-order chi connectivity index (χ1) is 11.9. The Morgan fingerprint density at radius 3 is 2.40 bits per heavy atom. The molecule has 0 bridgehead atoms. The number of benzene rings is 2. The molecule has 7 nitrogen and oxygen atoms in total. The van der Waals surface area contributed by atoms with Gasteiger partial charge in [-0.3, -0.25) is 4.79 Å². The van der Waals surface area contributed by atoms with E-state index in [1.54, 1.807) is 6.07 Å². The van der Waals surface area contributed by atoms with Crippen molar-refractivity contribution in [2.45, 2.75) is 23.8 Å². The summed E-state index contributed by atoms with van der Waals surface area (Å²) in [6, 6.07) is 10.2. The van der Waals surface area contributed by atoms with Gasteiger partial charge in [0, 0.05) is 23.4 Å². The fourth-order valence-electron chi connectivity index (χ4n) is 2.25. The van der Waals surface area contributed by atoms with Crippen molar-refractivity contribution < 1.29 is 23.1 Å². The van der Waals surface area contributed by atoms with E-state index in [0.29, 0.717) is 17.0 Å². The molecule has 0 heterocycles. The summed E-state index contributed by atoms with van der Waals surface area (Å²) in [5.74, 6) is -0.202. The Kier molecular flexibility index (Phi) is 4.65. The largest absolute Gasteiger partial charge is 0.504 e. The molecule has 0 aliphatic heterocycles. The standard InChI is InChI=1S/C17H18N2O5S/c1-24-16-9-6-13(10-15(16)20)18-17(21)11-2-7-14(8-3-11)25(22,23)19-12-4-5-12/h2-3,6-10,12,19-20H,4-5H2,1H3,(H,18,21). The van der Waals surface area contributed by atoms with Crippen LogP contribution < -0.4 is 14.8 Å². The number of ether oxygens (including phenoxy) is 1. The lowest BCUT2D eigenvalue weighted by Crippen LogP contribution is -2.25. The molecule has 1 aliphatic carbocycles. The summed E-state index contributed by atoms with van der Waals surface area (Å²) in [7, 11) is -2.11. The molecule has 1 amide bonds. The minimum Gasteiger partial charge on any atom is -0.504 e. The second kappa shape index (κ2) is 6.73.